The molecule has 0 saturated heterocycles. The van der Waals surface area contributed by atoms with Crippen LogP contribution < -0.4 is 10.1 Å². The summed E-state index contributed by atoms with van der Waals surface area (Å²) >= 11 is 0. The summed E-state index contributed by atoms with van der Waals surface area (Å²) in [6, 6.07) is 13.5. The van der Waals surface area contributed by atoms with E-state index >= 15 is 0 Å². The molecule has 0 unspecified atom stereocenters. The van der Waals surface area contributed by atoms with Crippen LogP contribution >= 0.6 is 0 Å². The predicted octanol–water partition coefficient (Wildman–Crippen LogP) is 3.45. The Balaban J connectivity index is 2.25. The van der Waals surface area contributed by atoms with E-state index < -0.39 is 0 Å². The van der Waals surface area contributed by atoms with Gasteiger partial charge >= 0.3 is 0 Å². The molecule has 102 valence electrons. The molecule has 1 aromatic heterocycles. The average molecular weight is 267 g/mol. The fourth-order valence-corrected chi connectivity index (χ4v) is 1.84. The molecule has 2 aromatic rings. The van der Waals surface area contributed by atoms with Crippen molar-refractivity contribution in [2.24, 2.45) is 0 Å². The summed E-state index contributed by atoms with van der Waals surface area (Å²) in [4.78, 5) is 4.45. The zero-order valence-corrected chi connectivity index (χ0v) is 11.7. The second-order valence-corrected chi connectivity index (χ2v) is 4.33. The standard InChI is InChI=1S/C16H17N3O/c1-3-10-20-14-7-4-12(5-8-14)15-9-6-13(11-17)16(18-2)19-15/h4-9H,3,10H2,1-2H3,(H,18,19). The summed E-state index contributed by atoms with van der Waals surface area (Å²) < 4.78 is 5.55. The third-order valence-electron chi connectivity index (χ3n) is 2.88. The van der Waals surface area contributed by atoms with E-state index in [0.29, 0.717) is 11.4 Å². The molecule has 0 amide bonds. The highest BCUT2D eigenvalue weighted by Crippen LogP contribution is 2.23. The zero-order valence-electron chi connectivity index (χ0n) is 11.7. The number of nitrogens with zero attached hydrogens (tertiary/aromatic N) is 2. The van der Waals surface area contributed by atoms with Crippen LogP contribution in [-0.2, 0) is 0 Å². The van der Waals surface area contributed by atoms with Gasteiger partial charge in [-0.15, -0.1) is 0 Å². The van der Waals surface area contributed by atoms with Crippen LogP contribution in [0.1, 0.15) is 18.9 Å². The van der Waals surface area contributed by atoms with Crippen LogP contribution in [0.4, 0.5) is 5.82 Å². The fraction of sp³-hybridized carbons (Fsp3) is 0.250. The van der Waals surface area contributed by atoms with Gasteiger partial charge < -0.3 is 10.1 Å². The number of hydrogen-bond acceptors (Lipinski definition) is 4. The van der Waals surface area contributed by atoms with E-state index in [9.17, 15) is 0 Å². The monoisotopic (exact) mass is 267 g/mol. The summed E-state index contributed by atoms with van der Waals surface area (Å²) in [5.74, 6) is 1.45. The molecular formula is C16H17N3O. The molecule has 0 aliphatic carbocycles. The summed E-state index contributed by atoms with van der Waals surface area (Å²) in [5, 5.41) is 11.9. The maximum atomic E-state index is 8.98. The number of hydrogen-bond donors (Lipinski definition) is 1. The first-order chi connectivity index (χ1) is 9.78. The molecule has 0 aliphatic heterocycles. The average Bonchev–Trinajstić information content (AvgIpc) is 2.52. The largest absolute Gasteiger partial charge is 0.494 e. The van der Waals surface area contributed by atoms with Crippen LogP contribution in [0.25, 0.3) is 11.3 Å². The lowest BCUT2D eigenvalue weighted by atomic mass is 10.1. The lowest BCUT2D eigenvalue weighted by Gasteiger charge is -2.08. The number of benzene rings is 1. The molecule has 0 saturated carbocycles. The highest BCUT2D eigenvalue weighted by Gasteiger charge is 2.06. The Bertz CT molecular complexity index is 615. The minimum absolute atomic E-state index is 0.541. The van der Waals surface area contributed by atoms with E-state index in [1.165, 1.54) is 0 Å². The third-order valence-corrected chi connectivity index (χ3v) is 2.88. The number of ether oxygens (including phenoxy) is 1. The zero-order chi connectivity index (χ0) is 14.4. The Kier molecular flexibility index (Phi) is 4.56. The van der Waals surface area contributed by atoms with Gasteiger partial charge in [-0.1, -0.05) is 6.92 Å². The molecular weight excluding hydrogens is 250 g/mol. The van der Waals surface area contributed by atoms with E-state index in [1.807, 2.05) is 30.3 Å². The van der Waals surface area contributed by atoms with E-state index in [2.05, 4.69) is 23.3 Å². The van der Waals surface area contributed by atoms with E-state index in [1.54, 1.807) is 13.1 Å². The lowest BCUT2D eigenvalue weighted by molar-refractivity contribution is 0.317. The Morgan fingerprint density at radius 3 is 2.55 bits per heavy atom. The smallest absolute Gasteiger partial charge is 0.144 e. The number of nitrogens with one attached hydrogen (secondary N) is 1. The van der Waals surface area contributed by atoms with Gasteiger partial charge in [0.1, 0.15) is 17.6 Å². The third kappa shape index (κ3) is 3.07. The highest BCUT2D eigenvalue weighted by atomic mass is 16.5. The first kappa shape index (κ1) is 13.9. The highest BCUT2D eigenvalue weighted by molar-refractivity contribution is 5.65. The van der Waals surface area contributed by atoms with Gasteiger partial charge in [0.15, 0.2) is 0 Å². The molecule has 0 atom stereocenters. The normalized spacial score (nSPS) is 9.85. The molecule has 4 nitrogen and oxygen atoms in total. The van der Waals surface area contributed by atoms with Gasteiger partial charge in [0, 0.05) is 12.6 Å². The number of pyridine rings is 1. The van der Waals surface area contributed by atoms with Crippen LogP contribution in [0.2, 0.25) is 0 Å². The van der Waals surface area contributed by atoms with Gasteiger partial charge in [0.2, 0.25) is 0 Å². The molecule has 0 spiro atoms. The van der Waals surface area contributed by atoms with Gasteiger partial charge in [-0.2, -0.15) is 5.26 Å². The quantitative estimate of drug-likeness (QED) is 0.901. The van der Waals surface area contributed by atoms with Crippen molar-refractivity contribution in [2.45, 2.75) is 13.3 Å². The van der Waals surface area contributed by atoms with Crippen molar-refractivity contribution < 1.29 is 4.74 Å². The summed E-state index contributed by atoms with van der Waals surface area (Å²) in [6.45, 7) is 2.80. The van der Waals surface area contributed by atoms with Crippen LogP contribution in [-0.4, -0.2) is 18.6 Å². The van der Waals surface area contributed by atoms with Crippen LogP contribution in [0.15, 0.2) is 36.4 Å². The maximum absolute atomic E-state index is 8.98. The number of rotatable bonds is 5. The Morgan fingerprint density at radius 2 is 1.95 bits per heavy atom. The van der Waals surface area contributed by atoms with Crippen molar-refractivity contribution in [1.82, 2.24) is 4.98 Å². The van der Waals surface area contributed by atoms with Crippen molar-refractivity contribution >= 4 is 5.82 Å². The van der Waals surface area contributed by atoms with E-state index in [0.717, 1.165) is 30.0 Å². The molecule has 2 rings (SSSR count). The minimum Gasteiger partial charge on any atom is -0.494 e. The second-order valence-electron chi connectivity index (χ2n) is 4.33. The summed E-state index contributed by atoms with van der Waals surface area (Å²) in [7, 11) is 1.76. The van der Waals surface area contributed by atoms with Crippen molar-refractivity contribution in [3.05, 3.63) is 42.0 Å². The minimum atomic E-state index is 0.541. The van der Waals surface area contributed by atoms with Crippen molar-refractivity contribution in [3.63, 3.8) is 0 Å². The van der Waals surface area contributed by atoms with Gasteiger partial charge in [0.05, 0.1) is 17.9 Å². The number of nitriles is 1. The molecule has 0 bridgehead atoms. The Labute approximate surface area is 119 Å². The molecule has 0 radical (unpaired) electrons. The number of aromatic nitrogens is 1. The molecule has 0 aliphatic rings. The topological polar surface area (TPSA) is 57.9 Å². The van der Waals surface area contributed by atoms with Crippen molar-refractivity contribution in [1.29, 1.82) is 5.26 Å². The molecule has 1 N–H and O–H groups in total. The van der Waals surface area contributed by atoms with Crippen molar-refractivity contribution in [3.8, 4) is 23.1 Å². The van der Waals surface area contributed by atoms with Gasteiger partial charge in [0.25, 0.3) is 0 Å². The lowest BCUT2D eigenvalue weighted by Crippen LogP contribution is -1.98. The SMILES string of the molecule is CCCOc1ccc(-c2ccc(C#N)c(NC)n2)cc1. The first-order valence-electron chi connectivity index (χ1n) is 6.60. The molecule has 0 fully saturated rings. The molecule has 1 heterocycles. The Hall–Kier alpha value is -2.54. The van der Waals surface area contributed by atoms with Crippen LogP contribution in [0.3, 0.4) is 0 Å². The summed E-state index contributed by atoms with van der Waals surface area (Å²) in [5.41, 5.74) is 2.37. The van der Waals surface area contributed by atoms with E-state index in [-0.39, 0.29) is 0 Å². The van der Waals surface area contributed by atoms with Gasteiger partial charge in [-0.05, 0) is 42.8 Å². The van der Waals surface area contributed by atoms with Crippen molar-refractivity contribution in [2.75, 3.05) is 19.0 Å². The van der Waals surface area contributed by atoms with Gasteiger partial charge in [-0.3, -0.25) is 0 Å². The molecule has 4 heteroatoms. The van der Waals surface area contributed by atoms with E-state index in [4.69, 9.17) is 10.00 Å². The van der Waals surface area contributed by atoms with Crippen LogP contribution in [0.5, 0.6) is 5.75 Å². The summed E-state index contributed by atoms with van der Waals surface area (Å²) in [6.07, 6.45) is 0.991. The Morgan fingerprint density at radius 1 is 1.20 bits per heavy atom. The fourth-order valence-electron chi connectivity index (χ4n) is 1.84. The number of anilines is 1. The molecule has 1 aromatic carbocycles. The van der Waals surface area contributed by atoms with Gasteiger partial charge in [-0.25, -0.2) is 4.98 Å². The van der Waals surface area contributed by atoms with Crippen LogP contribution in [0, 0.1) is 11.3 Å². The molecule has 20 heavy (non-hydrogen) atoms. The first-order valence-corrected chi connectivity index (χ1v) is 6.60. The predicted molar refractivity (Wildman–Crippen MR) is 79.7 cm³/mol. The second kappa shape index (κ2) is 6.58. The maximum Gasteiger partial charge on any atom is 0.144 e.